The van der Waals surface area contributed by atoms with Crippen molar-refractivity contribution >= 4 is 32.7 Å². The number of benzene rings is 1. The Morgan fingerprint density at radius 1 is 1.25 bits per heavy atom. The molecule has 3 rings (SSSR count). The maximum Gasteiger partial charge on any atom is 0.143 e. The van der Waals surface area contributed by atoms with E-state index in [2.05, 4.69) is 45.4 Å². The Hall–Kier alpha value is -1.88. The highest BCUT2D eigenvalue weighted by Crippen LogP contribution is 2.32. The normalized spacial score (nSPS) is 11.4. The van der Waals surface area contributed by atoms with Crippen LogP contribution >= 0.6 is 15.9 Å². The number of hydrogen-bond acceptors (Lipinski definition) is 3. The zero-order valence-corrected chi connectivity index (χ0v) is 12.9. The summed E-state index contributed by atoms with van der Waals surface area (Å²) in [5, 5.41) is 0. The number of fused-ring (bicyclic) bond motifs is 1. The maximum atomic E-state index is 6.05. The smallest absolute Gasteiger partial charge is 0.143 e. The van der Waals surface area contributed by atoms with Crippen molar-refractivity contribution in [1.29, 1.82) is 0 Å². The van der Waals surface area contributed by atoms with Gasteiger partial charge in [0, 0.05) is 22.3 Å². The maximum absolute atomic E-state index is 6.05. The second-order valence-electron chi connectivity index (χ2n) is 5.00. The van der Waals surface area contributed by atoms with Crippen LogP contribution in [-0.4, -0.2) is 14.5 Å². The summed E-state index contributed by atoms with van der Waals surface area (Å²) in [6, 6.07) is 8.33. The number of nitrogens with two attached hydrogens (primary N) is 1. The van der Waals surface area contributed by atoms with E-state index in [4.69, 9.17) is 10.7 Å². The first-order valence-electron chi connectivity index (χ1n) is 6.45. The van der Waals surface area contributed by atoms with E-state index in [1.54, 1.807) is 12.4 Å². The molecule has 2 heterocycles. The molecule has 0 aliphatic carbocycles. The van der Waals surface area contributed by atoms with Crippen LogP contribution in [0.3, 0.4) is 0 Å². The topological polar surface area (TPSA) is 56.7 Å². The molecule has 2 N–H and O–H groups in total. The van der Waals surface area contributed by atoms with Gasteiger partial charge in [0.25, 0.3) is 0 Å². The van der Waals surface area contributed by atoms with Crippen LogP contribution in [0.2, 0.25) is 0 Å². The minimum Gasteiger partial charge on any atom is -0.397 e. The monoisotopic (exact) mass is 330 g/mol. The predicted octanol–water partition coefficient (Wildman–Crippen LogP) is 4.02. The highest BCUT2D eigenvalue weighted by molar-refractivity contribution is 9.10. The van der Waals surface area contributed by atoms with Crippen LogP contribution in [0.25, 0.3) is 22.4 Å². The molecule has 5 heteroatoms. The minimum atomic E-state index is 0.295. The van der Waals surface area contributed by atoms with Crippen molar-refractivity contribution in [2.75, 3.05) is 5.73 Å². The van der Waals surface area contributed by atoms with Crippen molar-refractivity contribution in [2.24, 2.45) is 0 Å². The van der Waals surface area contributed by atoms with Gasteiger partial charge < -0.3 is 10.3 Å². The highest BCUT2D eigenvalue weighted by Gasteiger charge is 2.16. The molecule has 0 aliphatic rings. The molecular formula is C15H15BrN4. The number of anilines is 1. The number of nitrogen functional groups attached to an aromatic ring is 1. The molecule has 1 aromatic carbocycles. The lowest BCUT2D eigenvalue weighted by Crippen LogP contribution is -2.04. The summed E-state index contributed by atoms with van der Waals surface area (Å²) in [4.78, 5) is 8.79. The zero-order valence-electron chi connectivity index (χ0n) is 11.3. The number of halogens is 1. The molecule has 2 aromatic heterocycles. The SMILES string of the molecule is CC(C)n1c(-c2ccncc2N)nc2cc(Br)ccc21. The molecule has 0 radical (unpaired) electrons. The van der Waals surface area contributed by atoms with Gasteiger partial charge in [-0.15, -0.1) is 0 Å². The average molecular weight is 331 g/mol. The molecule has 20 heavy (non-hydrogen) atoms. The van der Waals surface area contributed by atoms with Gasteiger partial charge in [0.05, 0.1) is 22.9 Å². The molecule has 0 saturated carbocycles. The summed E-state index contributed by atoms with van der Waals surface area (Å²) in [5.74, 6) is 0.882. The Balaban J connectivity index is 2.35. The molecule has 0 bridgehead atoms. The number of imidazole rings is 1. The fraction of sp³-hybridized carbons (Fsp3) is 0.200. The molecule has 0 unspecified atom stereocenters. The Morgan fingerprint density at radius 2 is 2.05 bits per heavy atom. The predicted molar refractivity (Wildman–Crippen MR) is 85.5 cm³/mol. The molecule has 0 spiro atoms. The van der Waals surface area contributed by atoms with Crippen LogP contribution in [0, 0.1) is 0 Å². The summed E-state index contributed by atoms with van der Waals surface area (Å²) in [6.07, 6.45) is 3.40. The lowest BCUT2D eigenvalue weighted by atomic mass is 10.2. The van der Waals surface area contributed by atoms with Crippen molar-refractivity contribution in [3.05, 3.63) is 41.1 Å². The molecule has 3 aromatic rings. The number of aromatic nitrogens is 3. The molecule has 4 nitrogen and oxygen atoms in total. The first-order chi connectivity index (χ1) is 9.58. The van der Waals surface area contributed by atoms with Crippen molar-refractivity contribution < 1.29 is 0 Å². The second-order valence-corrected chi connectivity index (χ2v) is 5.91. The van der Waals surface area contributed by atoms with E-state index in [9.17, 15) is 0 Å². The Labute approximate surface area is 125 Å². The van der Waals surface area contributed by atoms with Crippen LogP contribution in [0.4, 0.5) is 5.69 Å². The summed E-state index contributed by atoms with van der Waals surface area (Å²) in [7, 11) is 0. The van der Waals surface area contributed by atoms with Crippen LogP contribution in [0.15, 0.2) is 41.1 Å². The van der Waals surface area contributed by atoms with Gasteiger partial charge in [-0.25, -0.2) is 4.98 Å². The average Bonchev–Trinajstić information content (AvgIpc) is 2.77. The van der Waals surface area contributed by atoms with Crippen molar-refractivity contribution in [1.82, 2.24) is 14.5 Å². The zero-order chi connectivity index (χ0) is 14.3. The van der Waals surface area contributed by atoms with Crippen molar-refractivity contribution in [3.8, 4) is 11.4 Å². The minimum absolute atomic E-state index is 0.295. The quantitative estimate of drug-likeness (QED) is 0.771. The summed E-state index contributed by atoms with van der Waals surface area (Å²) >= 11 is 3.49. The summed E-state index contributed by atoms with van der Waals surface area (Å²) in [5.41, 5.74) is 9.67. The Morgan fingerprint density at radius 3 is 2.75 bits per heavy atom. The fourth-order valence-corrected chi connectivity index (χ4v) is 2.74. The molecule has 0 fully saturated rings. The third-order valence-corrected chi connectivity index (χ3v) is 3.75. The third kappa shape index (κ3) is 2.08. The van der Waals surface area contributed by atoms with E-state index in [-0.39, 0.29) is 0 Å². The van der Waals surface area contributed by atoms with Crippen LogP contribution in [0.5, 0.6) is 0 Å². The van der Waals surface area contributed by atoms with Crippen molar-refractivity contribution in [2.45, 2.75) is 19.9 Å². The van der Waals surface area contributed by atoms with Gasteiger partial charge in [-0.1, -0.05) is 15.9 Å². The lowest BCUT2D eigenvalue weighted by Gasteiger charge is -2.14. The number of pyridine rings is 1. The molecule has 0 aliphatic heterocycles. The highest BCUT2D eigenvalue weighted by atomic mass is 79.9. The van der Waals surface area contributed by atoms with Gasteiger partial charge in [-0.05, 0) is 38.1 Å². The van der Waals surface area contributed by atoms with E-state index in [0.29, 0.717) is 11.7 Å². The second kappa shape index (κ2) is 4.90. The Kier molecular flexibility index (Phi) is 3.22. The van der Waals surface area contributed by atoms with Gasteiger partial charge in [0.1, 0.15) is 5.82 Å². The lowest BCUT2D eigenvalue weighted by molar-refractivity contribution is 0.624. The summed E-state index contributed by atoms with van der Waals surface area (Å²) in [6.45, 7) is 4.29. The number of nitrogens with zero attached hydrogens (tertiary/aromatic N) is 3. The molecule has 0 atom stereocenters. The number of hydrogen-bond donors (Lipinski definition) is 1. The van der Waals surface area contributed by atoms with Crippen LogP contribution in [0.1, 0.15) is 19.9 Å². The van der Waals surface area contributed by atoms with Gasteiger partial charge in [-0.3, -0.25) is 4.98 Å². The standard InChI is InChI=1S/C15H15BrN4/c1-9(2)20-14-4-3-10(16)7-13(14)19-15(20)11-5-6-18-8-12(11)17/h3-9H,17H2,1-2H3. The number of rotatable bonds is 2. The van der Waals surface area contributed by atoms with Gasteiger partial charge in [0.2, 0.25) is 0 Å². The van der Waals surface area contributed by atoms with E-state index in [0.717, 1.165) is 26.9 Å². The van der Waals surface area contributed by atoms with Gasteiger partial charge in [-0.2, -0.15) is 0 Å². The van der Waals surface area contributed by atoms with E-state index in [1.165, 1.54) is 0 Å². The van der Waals surface area contributed by atoms with E-state index >= 15 is 0 Å². The van der Waals surface area contributed by atoms with Crippen LogP contribution in [-0.2, 0) is 0 Å². The first kappa shape index (κ1) is 13.1. The Bertz CT molecular complexity index is 777. The van der Waals surface area contributed by atoms with E-state index in [1.807, 2.05) is 18.2 Å². The van der Waals surface area contributed by atoms with E-state index < -0.39 is 0 Å². The largest absolute Gasteiger partial charge is 0.397 e. The van der Waals surface area contributed by atoms with Gasteiger partial charge in [0.15, 0.2) is 0 Å². The van der Waals surface area contributed by atoms with Gasteiger partial charge >= 0.3 is 0 Å². The molecule has 102 valence electrons. The van der Waals surface area contributed by atoms with Crippen LogP contribution < -0.4 is 5.73 Å². The van der Waals surface area contributed by atoms with Crippen molar-refractivity contribution in [3.63, 3.8) is 0 Å². The molecule has 0 amide bonds. The first-order valence-corrected chi connectivity index (χ1v) is 7.24. The molecule has 0 saturated heterocycles. The fourth-order valence-electron chi connectivity index (χ4n) is 2.39. The molecular weight excluding hydrogens is 316 g/mol. The summed E-state index contributed by atoms with van der Waals surface area (Å²) < 4.78 is 3.22. The third-order valence-electron chi connectivity index (χ3n) is 3.26.